The zero-order valence-corrected chi connectivity index (χ0v) is 28.6. The second-order valence-corrected chi connectivity index (χ2v) is 13.6. The molecule has 7 nitrogen and oxygen atoms in total. The van der Waals surface area contributed by atoms with E-state index >= 15 is 0 Å². The molecule has 0 amide bonds. The minimum atomic E-state index is -4.13. The van der Waals surface area contributed by atoms with Gasteiger partial charge in [0.15, 0.2) is 0 Å². The number of rotatable bonds is 30. The standard InChI is InChI=1S/C35H64O7S/c1-4-5-6-7-8-9-10-11-12-13-14-15-16-17-18-19-20-21-26-29-34(36)42-33(3)28-25-23-22-24-27-32(2)35(37)41-30-31-43(38,39)40/h9-10,27,33H,4-8,11-26,28-31H2,1-3H3,(H,38,39,40)/b10-9-,32-27-/t33-/m1/s1. The summed E-state index contributed by atoms with van der Waals surface area (Å²) in [6, 6.07) is 0. The molecule has 0 unspecified atom stereocenters. The van der Waals surface area contributed by atoms with Crippen molar-refractivity contribution in [2.75, 3.05) is 12.4 Å². The third-order valence-corrected chi connectivity index (χ3v) is 8.32. The van der Waals surface area contributed by atoms with Gasteiger partial charge >= 0.3 is 11.9 Å². The van der Waals surface area contributed by atoms with Gasteiger partial charge in [-0.15, -0.1) is 0 Å². The Balaban J connectivity index is 3.52. The van der Waals surface area contributed by atoms with Crippen LogP contribution in [0.15, 0.2) is 23.8 Å². The molecule has 1 N–H and O–H groups in total. The van der Waals surface area contributed by atoms with Crippen LogP contribution in [-0.4, -0.2) is 43.4 Å². The second kappa shape index (κ2) is 29.1. The molecular formula is C35H64O7S. The highest BCUT2D eigenvalue weighted by molar-refractivity contribution is 7.85. The van der Waals surface area contributed by atoms with Crippen molar-refractivity contribution < 1.29 is 32.0 Å². The lowest BCUT2D eigenvalue weighted by Gasteiger charge is -2.13. The molecule has 0 saturated carbocycles. The average molecular weight is 629 g/mol. The second-order valence-electron chi connectivity index (χ2n) is 12.0. The van der Waals surface area contributed by atoms with Crippen LogP contribution in [-0.2, 0) is 29.2 Å². The predicted molar refractivity (Wildman–Crippen MR) is 178 cm³/mol. The van der Waals surface area contributed by atoms with Crippen molar-refractivity contribution in [2.24, 2.45) is 0 Å². The molecular weight excluding hydrogens is 564 g/mol. The van der Waals surface area contributed by atoms with E-state index in [4.69, 9.17) is 14.0 Å². The lowest BCUT2D eigenvalue weighted by Crippen LogP contribution is -2.15. The van der Waals surface area contributed by atoms with Gasteiger partial charge in [0.25, 0.3) is 10.1 Å². The number of carbonyl (C=O) groups excluding carboxylic acids is 2. The molecule has 0 saturated heterocycles. The molecule has 8 heteroatoms. The van der Waals surface area contributed by atoms with Gasteiger partial charge in [0, 0.05) is 12.0 Å². The molecule has 0 heterocycles. The fourth-order valence-electron chi connectivity index (χ4n) is 4.90. The van der Waals surface area contributed by atoms with Crippen LogP contribution in [0, 0.1) is 0 Å². The lowest BCUT2D eigenvalue weighted by molar-refractivity contribution is -0.148. The van der Waals surface area contributed by atoms with Crippen LogP contribution in [0.3, 0.4) is 0 Å². The van der Waals surface area contributed by atoms with Crippen molar-refractivity contribution in [3.63, 3.8) is 0 Å². The Kier molecular flexibility index (Phi) is 27.9. The fourth-order valence-corrected chi connectivity index (χ4v) is 5.19. The first-order chi connectivity index (χ1) is 20.7. The minimum Gasteiger partial charge on any atom is -0.463 e. The Labute approximate surface area is 264 Å². The predicted octanol–water partition coefficient (Wildman–Crippen LogP) is 9.84. The molecule has 43 heavy (non-hydrogen) atoms. The number of allylic oxidation sites excluding steroid dienone is 3. The Morgan fingerprint density at radius 3 is 1.77 bits per heavy atom. The van der Waals surface area contributed by atoms with E-state index in [1.807, 2.05) is 6.92 Å². The third-order valence-electron chi connectivity index (χ3n) is 7.64. The molecule has 0 spiro atoms. The van der Waals surface area contributed by atoms with E-state index < -0.39 is 21.8 Å². The molecule has 0 aromatic heterocycles. The van der Waals surface area contributed by atoms with Crippen LogP contribution in [0.4, 0.5) is 0 Å². The first kappa shape index (κ1) is 41.3. The molecule has 0 aliphatic heterocycles. The minimum absolute atomic E-state index is 0.0839. The summed E-state index contributed by atoms with van der Waals surface area (Å²) in [6.45, 7) is 5.46. The quantitative estimate of drug-likeness (QED) is 0.0277. The highest BCUT2D eigenvalue weighted by atomic mass is 32.2. The van der Waals surface area contributed by atoms with Gasteiger partial charge in [0.05, 0.1) is 6.10 Å². The van der Waals surface area contributed by atoms with Crippen molar-refractivity contribution >= 4 is 22.1 Å². The number of ether oxygens (including phenoxy) is 2. The zero-order chi connectivity index (χ0) is 32.0. The molecule has 0 bridgehead atoms. The summed E-state index contributed by atoms with van der Waals surface area (Å²) in [5.74, 6) is -1.28. The monoisotopic (exact) mass is 628 g/mol. The highest BCUT2D eigenvalue weighted by Gasteiger charge is 2.10. The maximum Gasteiger partial charge on any atom is 0.333 e. The van der Waals surface area contributed by atoms with Gasteiger partial charge in [-0.3, -0.25) is 9.35 Å². The smallest absolute Gasteiger partial charge is 0.333 e. The Morgan fingerprint density at radius 2 is 1.21 bits per heavy atom. The number of esters is 2. The van der Waals surface area contributed by atoms with Crippen LogP contribution in [0.1, 0.15) is 168 Å². The van der Waals surface area contributed by atoms with E-state index in [0.717, 1.165) is 38.5 Å². The Hall–Kier alpha value is -1.67. The summed E-state index contributed by atoms with van der Waals surface area (Å²) in [5, 5.41) is 0. The molecule has 1 atom stereocenters. The fraction of sp³-hybridized carbons (Fsp3) is 0.829. The normalized spacial score (nSPS) is 13.0. The summed E-state index contributed by atoms with van der Waals surface area (Å²) in [7, 11) is -4.13. The lowest BCUT2D eigenvalue weighted by atomic mass is 10.0. The van der Waals surface area contributed by atoms with Gasteiger partial charge in [-0.25, -0.2) is 4.79 Å². The summed E-state index contributed by atoms with van der Waals surface area (Å²) in [6.07, 6.45) is 33.1. The summed E-state index contributed by atoms with van der Waals surface area (Å²) in [5.41, 5.74) is 0.422. The summed E-state index contributed by atoms with van der Waals surface area (Å²) < 4.78 is 40.3. The van der Waals surface area contributed by atoms with Crippen LogP contribution >= 0.6 is 0 Å². The molecule has 0 aliphatic carbocycles. The summed E-state index contributed by atoms with van der Waals surface area (Å²) in [4.78, 5) is 23.9. The maximum atomic E-state index is 12.1. The SMILES string of the molecule is CCCCCC/C=C\CCCCCCCCCCCCCC(=O)O[C@H](C)CCCCC/C=C(/C)C(=O)OCCS(=O)(=O)O. The van der Waals surface area contributed by atoms with Crippen LogP contribution in [0.2, 0.25) is 0 Å². The van der Waals surface area contributed by atoms with Gasteiger partial charge in [-0.1, -0.05) is 109 Å². The van der Waals surface area contributed by atoms with Crippen LogP contribution in [0.5, 0.6) is 0 Å². The zero-order valence-electron chi connectivity index (χ0n) is 27.8. The third kappa shape index (κ3) is 31.6. The van der Waals surface area contributed by atoms with Crippen molar-refractivity contribution in [3.05, 3.63) is 23.8 Å². The van der Waals surface area contributed by atoms with E-state index in [-0.39, 0.29) is 18.7 Å². The van der Waals surface area contributed by atoms with Gasteiger partial charge in [0.1, 0.15) is 12.4 Å². The number of hydrogen-bond acceptors (Lipinski definition) is 6. The average Bonchev–Trinajstić information content (AvgIpc) is 2.95. The van der Waals surface area contributed by atoms with Gasteiger partial charge in [0.2, 0.25) is 0 Å². The van der Waals surface area contributed by atoms with E-state index in [1.165, 1.54) is 96.3 Å². The first-order valence-corrected chi connectivity index (χ1v) is 18.9. The van der Waals surface area contributed by atoms with E-state index in [0.29, 0.717) is 18.4 Å². The van der Waals surface area contributed by atoms with Crippen LogP contribution in [0.25, 0.3) is 0 Å². The number of hydrogen-bond donors (Lipinski definition) is 1. The first-order valence-electron chi connectivity index (χ1n) is 17.3. The molecule has 0 fully saturated rings. The molecule has 0 rings (SSSR count). The van der Waals surface area contributed by atoms with E-state index in [1.54, 1.807) is 13.0 Å². The Morgan fingerprint density at radius 1 is 0.721 bits per heavy atom. The van der Waals surface area contributed by atoms with Crippen LogP contribution < -0.4 is 0 Å². The van der Waals surface area contributed by atoms with E-state index in [2.05, 4.69) is 19.1 Å². The van der Waals surface area contributed by atoms with E-state index in [9.17, 15) is 18.0 Å². The van der Waals surface area contributed by atoms with Crippen molar-refractivity contribution in [1.82, 2.24) is 0 Å². The summed E-state index contributed by atoms with van der Waals surface area (Å²) >= 11 is 0. The van der Waals surface area contributed by atoms with Gasteiger partial charge < -0.3 is 9.47 Å². The molecule has 252 valence electrons. The van der Waals surface area contributed by atoms with Gasteiger partial charge in [-0.2, -0.15) is 8.42 Å². The maximum absolute atomic E-state index is 12.1. The van der Waals surface area contributed by atoms with Crippen molar-refractivity contribution in [1.29, 1.82) is 0 Å². The molecule has 0 aliphatic rings. The molecule has 0 aromatic carbocycles. The van der Waals surface area contributed by atoms with Gasteiger partial charge in [-0.05, 0) is 71.6 Å². The number of unbranched alkanes of at least 4 members (excludes halogenated alkanes) is 18. The topological polar surface area (TPSA) is 107 Å². The highest BCUT2D eigenvalue weighted by Crippen LogP contribution is 2.15. The molecule has 0 aromatic rings. The Bertz CT molecular complexity index is 848. The number of carbonyl (C=O) groups is 2. The largest absolute Gasteiger partial charge is 0.463 e. The molecule has 0 radical (unpaired) electrons. The van der Waals surface area contributed by atoms with Crippen molar-refractivity contribution in [2.45, 2.75) is 175 Å². The van der Waals surface area contributed by atoms with Crippen molar-refractivity contribution in [3.8, 4) is 0 Å².